The average Bonchev–Trinajstić information content (AvgIpc) is 2.36. The number of nitrogens with one attached hydrogen (secondary N) is 1. The summed E-state index contributed by atoms with van der Waals surface area (Å²) < 4.78 is 0. The molecule has 2 aromatic rings. The Hall–Kier alpha value is -2.43. The summed E-state index contributed by atoms with van der Waals surface area (Å²) in [7, 11) is 0. The number of aryl methyl sites for hydroxylation is 3. The second-order valence-electron chi connectivity index (χ2n) is 4.41. The summed E-state index contributed by atoms with van der Waals surface area (Å²) >= 11 is 0. The van der Waals surface area contributed by atoms with Crippen LogP contribution in [0.3, 0.4) is 0 Å². The van der Waals surface area contributed by atoms with E-state index in [9.17, 15) is 4.79 Å². The fourth-order valence-corrected chi connectivity index (χ4v) is 1.72. The highest BCUT2D eigenvalue weighted by Gasteiger charge is 2.09. The van der Waals surface area contributed by atoms with Crippen molar-refractivity contribution < 1.29 is 9.90 Å². The molecule has 0 spiro atoms. The smallest absolute Gasteiger partial charge is 0.336 e. The van der Waals surface area contributed by atoms with E-state index in [0.29, 0.717) is 11.5 Å². The molecule has 5 nitrogen and oxygen atoms in total. The molecule has 0 aliphatic rings. The van der Waals surface area contributed by atoms with Crippen LogP contribution in [-0.4, -0.2) is 21.0 Å². The van der Waals surface area contributed by atoms with Crippen molar-refractivity contribution in [2.75, 3.05) is 5.32 Å². The number of nitrogens with zero attached hydrogens (tertiary/aromatic N) is 2. The minimum Gasteiger partial charge on any atom is -0.478 e. The Balaban J connectivity index is 2.36. The van der Waals surface area contributed by atoms with Gasteiger partial charge in [0.15, 0.2) is 5.82 Å². The Kier molecular flexibility index (Phi) is 3.46. The van der Waals surface area contributed by atoms with Crippen LogP contribution in [0, 0.1) is 20.8 Å². The van der Waals surface area contributed by atoms with Gasteiger partial charge in [0, 0.05) is 11.9 Å². The van der Waals surface area contributed by atoms with Gasteiger partial charge in [-0.2, -0.15) is 0 Å². The summed E-state index contributed by atoms with van der Waals surface area (Å²) in [5.74, 6) is -0.298. The molecular weight excluding hydrogens is 242 g/mol. The third kappa shape index (κ3) is 2.88. The van der Waals surface area contributed by atoms with Crippen LogP contribution >= 0.6 is 0 Å². The van der Waals surface area contributed by atoms with E-state index in [0.717, 1.165) is 17.0 Å². The largest absolute Gasteiger partial charge is 0.478 e. The first kappa shape index (κ1) is 13.0. The van der Waals surface area contributed by atoms with E-state index in [1.165, 1.54) is 0 Å². The van der Waals surface area contributed by atoms with E-state index in [-0.39, 0.29) is 5.56 Å². The van der Waals surface area contributed by atoms with Crippen LogP contribution in [0.4, 0.5) is 11.5 Å². The lowest BCUT2D eigenvalue weighted by Crippen LogP contribution is -2.03. The summed E-state index contributed by atoms with van der Waals surface area (Å²) in [6.45, 7) is 5.47. The van der Waals surface area contributed by atoms with Crippen LogP contribution in [0.2, 0.25) is 0 Å². The number of hydrogen-bond acceptors (Lipinski definition) is 4. The monoisotopic (exact) mass is 257 g/mol. The van der Waals surface area contributed by atoms with Crippen molar-refractivity contribution in [3.05, 3.63) is 46.9 Å². The summed E-state index contributed by atoms with van der Waals surface area (Å²) in [4.78, 5) is 19.6. The lowest BCUT2D eigenvalue weighted by molar-refractivity contribution is 0.0696. The van der Waals surface area contributed by atoms with E-state index in [2.05, 4.69) is 15.3 Å². The van der Waals surface area contributed by atoms with Gasteiger partial charge in [-0.1, -0.05) is 6.07 Å². The Morgan fingerprint density at radius 1 is 1.26 bits per heavy atom. The Morgan fingerprint density at radius 3 is 2.68 bits per heavy atom. The van der Waals surface area contributed by atoms with Gasteiger partial charge in [-0.05, 0) is 38.5 Å². The van der Waals surface area contributed by atoms with Crippen LogP contribution in [0.5, 0.6) is 0 Å². The normalized spacial score (nSPS) is 10.3. The first-order chi connectivity index (χ1) is 8.97. The molecule has 0 saturated heterocycles. The lowest BCUT2D eigenvalue weighted by Gasteiger charge is -2.10. The number of rotatable bonds is 3. The van der Waals surface area contributed by atoms with Gasteiger partial charge in [0.2, 0.25) is 0 Å². The molecule has 0 amide bonds. The van der Waals surface area contributed by atoms with E-state index >= 15 is 0 Å². The Labute approximate surface area is 111 Å². The molecular formula is C14H15N3O2. The molecule has 98 valence electrons. The quantitative estimate of drug-likeness (QED) is 0.884. The number of carbonyl (C=O) groups is 1. The first-order valence-corrected chi connectivity index (χ1v) is 5.88. The number of aromatic nitrogens is 2. The Morgan fingerprint density at radius 2 is 2.00 bits per heavy atom. The number of carboxylic acids is 1. The molecule has 0 fully saturated rings. The predicted octanol–water partition coefficient (Wildman–Crippen LogP) is 2.84. The molecule has 2 rings (SSSR count). The second-order valence-corrected chi connectivity index (χ2v) is 4.41. The zero-order valence-corrected chi connectivity index (χ0v) is 11.1. The number of hydrogen-bond donors (Lipinski definition) is 2. The topological polar surface area (TPSA) is 75.1 Å². The van der Waals surface area contributed by atoms with Crippen molar-refractivity contribution in [2.45, 2.75) is 20.8 Å². The minimum absolute atomic E-state index is 0.281. The van der Waals surface area contributed by atoms with Gasteiger partial charge in [0.1, 0.15) is 0 Å². The number of anilines is 2. The fraction of sp³-hybridized carbons (Fsp3) is 0.214. The van der Waals surface area contributed by atoms with Gasteiger partial charge in [0.05, 0.1) is 17.0 Å². The molecule has 0 aliphatic heterocycles. The maximum Gasteiger partial charge on any atom is 0.336 e. The van der Waals surface area contributed by atoms with Gasteiger partial charge in [-0.25, -0.2) is 9.78 Å². The van der Waals surface area contributed by atoms with Crippen LogP contribution in [-0.2, 0) is 0 Å². The molecule has 1 heterocycles. The third-order valence-electron chi connectivity index (χ3n) is 2.81. The van der Waals surface area contributed by atoms with Crippen molar-refractivity contribution in [3.8, 4) is 0 Å². The number of carboxylic acid groups (broad SMARTS) is 1. The molecule has 5 heteroatoms. The molecule has 0 radical (unpaired) electrons. The molecule has 0 unspecified atom stereocenters. The average molecular weight is 257 g/mol. The molecule has 0 saturated carbocycles. The third-order valence-corrected chi connectivity index (χ3v) is 2.81. The molecule has 0 atom stereocenters. The summed E-state index contributed by atoms with van der Waals surface area (Å²) in [5, 5.41) is 12.2. The maximum atomic E-state index is 11.1. The highest BCUT2D eigenvalue weighted by Crippen LogP contribution is 2.20. The van der Waals surface area contributed by atoms with Gasteiger partial charge in [-0.15, -0.1) is 0 Å². The molecule has 1 aromatic heterocycles. The SMILES string of the molecule is Cc1cnc(C)c(Nc2ccc(C)c(C(=O)O)c2)n1. The van der Waals surface area contributed by atoms with E-state index in [4.69, 9.17) is 5.11 Å². The first-order valence-electron chi connectivity index (χ1n) is 5.88. The maximum absolute atomic E-state index is 11.1. The van der Waals surface area contributed by atoms with Crippen molar-refractivity contribution in [3.63, 3.8) is 0 Å². The summed E-state index contributed by atoms with van der Waals surface area (Å²) in [6.07, 6.45) is 1.69. The summed E-state index contributed by atoms with van der Waals surface area (Å²) in [6, 6.07) is 5.19. The highest BCUT2D eigenvalue weighted by molar-refractivity contribution is 5.90. The van der Waals surface area contributed by atoms with Gasteiger partial charge in [0.25, 0.3) is 0 Å². The van der Waals surface area contributed by atoms with Crippen molar-refractivity contribution in [1.82, 2.24) is 9.97 Å². The highest BCUT2D eigenvalue weighted by atomic mass is 16.4. The van der Waals surface area contributed by atoms with Gasteiger partial charge < -0.3 is 10.4 Å². The zero-order valence-electron chi connectivity index (χ0n) is 11.1. The fourth-order valence-electron chi connectivity index (χ4n) is 1.72. The predicted molar refractivity (Wildman–Crippen MR) is 72.9 cm³/mol. The standard InChI is InChI=1S/C14H15N3O2/c1-8-4-5-11(6-12(8)14(18)19)17-13-10(3)15-7-9(2)16-13/h4-7H,1-3H3,(H,16,17)(H,18,19). The minimum atomic E-state index is -0.937. The zero-order chi connectivity index (χ0) is 14.0. The molecule has 19 heavy (non-hydrogen) atoms. The van der Waals surface area contributed by atoms with Crippen molar-refractivity contribution in [1.29, 1.82) is 0 Å². The van der Waals surface area contributed by atoms with Gasteiger partial charge >= 0.3 is 5.97 Å². The molecule has 0 aliphatic carbocycles. The summed E-state index contributed by atoms with van der Waals surface area (Å²) in [5.41, 5.74) is 3.26. The van der Waals surface area contributed by atoms with E-state index < -0.39 is 5.97 Å². The lowest BCUT2D eigenvalue weighted by atomic mass is 10.1. The molecule has 1 aromatic carbocycles. The van der Waals surface area contributed by atoms with Crippen LogP contribution in [0.25, 0.3) is 0 Å². The number of aromatic carboxylic acids is 1. The van der Waals surface area contributed by atoms with Gasteiger partial charge in [-0.3, -0.25) is 4.98 Å². The van der Waals surface area contributed by atoms with Crippen LogP contribution in [0.1, 0.15) is 27.3 Å². The van der Waals surface area contributed by atoms with Crippen molar-refractivity contribution in [2.24, 2.45) is 0 Å². The second kappa shape index (κ2) is 5.06. The van der Waals surface area contributed by atoms with Crippen LogP contribution in [0.15, 0.2) is 24.4 Å². The van der Waals surface area contributed by atoms with Crippen molar-refractivity contribution >= 4 is 17.5 Å². The van der Waals surface area contributed by atoms with Crippen LogP contribution < -0.4 is 5.32 Å². The Bertz CT molecular complexity index is 639. The van der Waals surface area contributed by atoms with E-state index in [1.54, 1.807) is 25.3 Å². The molecule has 2 N–H and O–H groups in total. The van der Waals surface area contributed by atoms with E-state index in [1.807, 2.05) is 19.9 Å². The number of benzene rings is 1. The molecule has 0 bridgehead atoms.